The minimum atomic E-state index is 0.431. The fourth-order valence-corrected chi connectivity index (χ4v) is 0.742. The number of rotatable bonds is 0. The van der Waals surface area contributed by atoms with Crippen LogP contribution in [0.1, 0.15) is 20.3 Å². The minimum absolute atomic E-state index is 0.431. The highest BCUT2D eigenvalue weighted by Gasteiger charge is 2.18. The maximum absolute atomic E-state index is 5.23. The number of hydrogen-bond acceptors (Lipinski definition) is 1. The van der Waals surface area contributed by atoms with Gasteiger partial charge in [0.25, 0.3) is 0 Å². The van der Waals surface area contributed by atoms with Gasteiger partial charge in [-0.05, 0) is 13.3 Å². The van der Waals surface area contributed by atoms with Gasteiger partial charge in [-0.2, -0.15) is 0 Å². The Kier molecular flexibility index (Phi) is 1.33. The van der Waals surface area contributed by atoms with Crippen LogP contribution in [0.2, 0.25) is 0 Å². The second-order valence-corrected chi connectivity index (χ2v) is 2.11. The van der Waals surface area contributed by atoms with E-state index in [-0.39, 0.29) is 0 Å². The lowest BCUT2D eigenvalue weighted by Gasteiger charge is -2.03. The van der Waals surface area contributed by atoms with Crippen molar-refractivity contribution in [3.05, 3.63) is 5.92 Å². The average Bonchev–Trinajstić information content (AvgIpc) is 1.91. The van der Waals surface area contributed by atoms with Crippen molar-refractivity contribution >= 4 is 0 Å². The fraction of sp³-hybridized carbons (Fsp3) is 0.833. The molecule has 1 heterocycles. The van der Waals surface area contributed by atoms with Crippen LogP contribution in [0.3, 0.4) is 0 Å². The predicted octanol–water partition coefficient (Wildman–Crippen LogP) is 1.39. The number of hydrogen-bond donors (Lipinski definition) is 0. The highest BCUT2D eigenvalue weighted by Crippen LogP contribution is 2.20. The molecular formula is C6H11O. The summed E-state index contributed by atoms with van der Waals surface area (Å²) in [5.74, 6) is 1.49. The maximum Gasteiger partial charge on any atom is 0.0607 e. The van der Waals surface area contributed by atoms with Gasteiger partial charge in [-0.3, -0.25) is 0 Å². The van der Waals surface area contributed by atoms with Crippen LogP contribution in [0, 0.1) is 5.92 Å². The zero-order chi connectivity index (χ0) is 5.28. The van der Waals surface area contributed by atoms with Crippen molar-refractivity contribution in [1.82, 2.24) is 0 Å². The quantitative estimate of drug-likeness (QED) is 0.446. The summed E-state index contributed by atoms with van der Waals surface area (Å²) in [6, 6.07) is 0. The zero-order valence-corrected chi connectivity index (χ0v) is 4.90. The molecule has 1 unspecified atom stereocenters. The SMILES string of the molecule is C[C]1CCOC1C. The molecule has 1 aliphatic rings. The largest absolute Gasteiger partial charge is 0.378 e. The van der Waals surface area contributed by atoms with Crippen LogP contribution in [0.5, 0.6) is 0 Å². The van der Waals surface area contributed by atoms with Crippen molar-refractivity contribution in [1.29, 1.82) is 0 Å². The summed E-state index contributed by atoms with van der Waals surface area (Å²) in [5.41, 5.74) is 0. The van der Waals surface area contributed by atoms with Crippen LogP contribution in [-0.2, 0) is 4.74 Å². The monoisotopic (exact) mass is 99.1 g/mol. The summed E-state index contributed by atoms with van der Waals surface area (Å²) in [6.45, 7) is 5.19. The molecule has 0 saturated carbocycles. The summed E-state index contributed by atoms with van der Waals surface area (Å²) < 4.78 is 5.23. The Hall–Kier alpha value is -0.0400. The van der Waals surface area contributed by atoms with E-state index in [1.54, 1.807) is 0 Å². The first-order valence-corrected chi connectivity index (χ1v) is 2.74. The molecule has 1 rings (SSSR count). The van der Waals surface area contributed by atoms with Gasteiger partial charge >= 0.3 is 0 Å². The van der Waals surface area contributed by atoms with Crippen molar-refractivity contribution in [3.63, 3.8) is 0 Å². The topological polar surface area (TPSA) is 9.23 Å². The molecule has 0 bridgehead atoms. The third-order valence-corrected chi connectivity index (χ3v) is 1.56. The first kappa shape index (κ1) is 5.10. The summed E-state index contributed by atoms with van der Waals surface area (Å²) in [6.07, 6.45) is 1.60. The van der Waals surface area contributed by atoms with Gasteiger partial charge in [0, 0.05) is 12.5 Å². The molecule has 1 saturated heterocycles. The molecule has 1 aliphatic heterocycles. The second kappa shape index (κ2) is 1.83. The van der Waals surface area contributed by atoms with E-state index in [0.29, 0.717) is 6.10 Å². The van der Waals surface area contributed by atoms with Crippen molar-refractivity contribution < 1.29 is 4.74 Å². The average molecular weight is 99.2 g/mol. The smallest absolute Gasteiger partial charge is 0.0607 e. The molecule has 0 aromatic carbocycles. The molecule has 0 amide bonds. The minimum Gasteiger partial charge on any atom is -0.378 e. The molecule has 1 heteroatoms. The lowest BCUT2D eigenvalue weighted by atomic mass is 10.1. The van der Waals surface area contributed by atoms with Gasteiger partial charge in [-0.15, -0.1) is 0 Å². The van der Waals surface area contributed by atoms with Gasteiger partial charge in [0.2, 0.25) is 0 Å². The second-order valence-electron chi connectivity index (χ2n) is 2.11. The molecule has 1 nitrogen and oxygen atoms in total. The molecule has 0 N–H and O–H groups in total. The molecule has 7 heavy (non-hydrogen) atoms. The van der Waals surface area contributed by atoms with E-state index >= 15 is 0 Å². The Labute approximate surface area is 44.7 Å². The Morgan fingerprint density at radius 1 is 1.71 bits per heavy atom. The van der Waals surface area contributed by atoms with Crippen LogP contribution >= 0.6 is 0 Å². The summed E-state index contributed by atoms with van der Waals surface area (Å²) in [5, 5.41) is 0. The zero-order valence-electron chi connectivity index (χ0n) is 4.90. The fourth-order valence-electron chi connectivity index (χ4n) is 0.742. The highest BCUT2D eigenvalue weighted by molar-refractivity contribution is 4.94. The van der Waals surface area contributed by atoms with E-state index in [2.05, 4.69) is 13.8 Å². The van der Waals surface area contributed by atoms with Gasteiger partial charge < -0.3 is 4.74 Å². The molecule has 0 aromatic rings. The molecule has 0 aromatic heterocycles. The lowest BCUT2D eigenvalue weighted by Crippen LogP contribution is -2.03. The van der Waals surface area contributed by atoms with Gasteiger partial charge in [0.05, 0.1) is 6.10 Å². The predicted molar refractivity (Wildman–Crippen MR) is 28.9 cm³/mol. The summed E-state index contributed by atoms with van der Waals surface area (Å²) in [7, 11) is 0. The van der Waals surface area contributed by atoms with E-state index in [9.17, 15) is 0 Å². The van der Waals surface area contributed by atoms with E-state index in [4.69, 9.17) is 4.74 Å². The maximum atomic E-state index is 5.23. The lowest BCUT2D eigenvalue weighted by molar-refractivity contribution is 0.131. The van der Waals surface area contributed by atoms with Crippen LogP contribution in [0.25, 0.3) is 0 Å². The third kappa shape index (κ3) is 0.942. The van der Waals surface area contributed by atoms with Crippen LogP contribution in [0.4, 0.5) is 0 Å². The Balaban J connectivity index is 2.33. The molecule has 0 spiro atoms. The molecule has 1 radical (unpaired) electrons. The van der Waals surface area contributed by atoms with Crippen molar-refractivity contribution in [2.75, 3.05) is 6.61 Å². The normalized spacial score (nSPS) is 34.3. The van der Waals surface area contributed by atoms with E-state index in [1.807, 2.05) is 0 Å². The molecule has 41 valence electrons. The van der Waals surface area contributed by atoms with Crippen LogP contribution < -0.4 is 0 Å². The first-order valence-electron chi connectivity index (χ1n) is 2.74. The molecular weight excluding hydrogens is 88.1 g/mol. The van der Waals surface area contributed by atoms with Gasteiger partial charge in [0.15, 0.2) is 0 Å². The molecule has 0 aliphatic carbocycles. The van der Waals surface area contributed by atoms with Crippen molar-refractivity contribution in [3.8, 4) is 0 Å². The Morgan fingerprint density at radius 2 is 2.43 bits per heavy atom. The molecule has 1 atom stereocenters. The Bertz CT molecular complexity index is 53.2. The van der Waals surface area contributed by atoms with E-state index < -0.39 is 0 Å². The number of ether oxygens (including phenoxy) is 1. The summed E-state index contributed by atoms with van der Waals surface area (Å²) >= 11 is 0. The van der Waals surface area contributed by atoms with Crippen molar-refractivity contribution in [2.45, 2.75) is 26.4 Å². The third-order valence-electron chi connectivity index (χ3n) is 1.56. The van der Waals surface area contributed by atoms with Gasteiger partial charge in [0.1, 0.15) is 0 Å². The summed E-state index contributed by atoms with van der Waals surface area (Å²) in [4.78, 5) is 0. The molecule has 1 fully saturated rings. The van der Waals surface area contributed by atoms with E-state index in [0.717, 1.165) is 6.61 Å². The van der Waals surface area contributed by atoms with Gasteiger partial charge in [-0.1, -0.05) is 6.92 Å². The Morgan fingerprint density at radius 3 is 2.57 bits per heavy atom. The van der Waals surface area contributed by atoms with Crippen LogP contribution in [0.15, 0.2) is 0 Å². The van der Waals surface area contributed by atoms with Gasteiger partial charge in [-0.25, -0.2) is 0 Å². The first-order chi connectivity index (χ1) is 3.30. The van der Waals surface area contributed by atoms with Crippen LogP contribution in [-0.4, -0.2) is 12.7 Å². The standard InChI is InChI=1S/C6H11O/c1-5-3-4-7-6(5)2/h6H,3-4H2,1-2H3. The van der Waals surface area contributed by atoms with E-state index in [1.165, 1.54) is 12.3 Å². The van der Waals surface area contributed by atoms with Crippen molar-refractivity contribution in [2.24, 2.45) is 0 Å². The highest BCUT2D eigenvalue weighted by atomic mass is 16.5.